The summed E-state index contributed by atoms with van der Waals surface area (Å²) in [4.78, 5) is 35.6. The van der Waals surface area contributed by atoms with Crippen LogP contribution < -0.4 is 5.32 Å². The Morgan fingerprint density at radius 2 is 1.81 bits per heavy atom. The molecule has 118 valence electrons. The molecule has 3 amide bonds. The highest BCUT2D eigenvalue weighted by molar-refractivity contribution is 6.01. The minimum atomic E-state index is -0.117. The molecule has 6 heteroatoms. The van der Waals surface area contributed by atoms with E-state index in [1.54, 1.807) is 0 Å². The van der Waals surface area contributed by atoms with Crippen molar-refractivity contribution < 1.29 is 19.1 Å². The number of ether oxygens (including phenoxy) is 1. The average molecular weight is 296 g/mol. The summed E-state index contributed by atoms with van der Waals surface area (Å²) >= 11 is 0. The molecule has 1 N–H and O–H groups in total. The van der Waals surface area contributed by atoms with Crippen LogP contribution in [-0.2, 0) is 19.1 Å². The number of likely N-dealkylation sites (tertiary alicyclic amines) is 1. The summed E-state index contributed by atoms with van der Waals surface area (Å²) in [6.45, 7) is 1.53. The van der Waals surface area contributed by atoms with Gasteiger partial charge in [0.15, 0.2) is 0 Å². The van der Waals surface area contributed by atoms with E-state index < -0.39 is 0 Å². The van der Waals surface area contributed by atoms with E-state index >= 15 is 0 Å². The minimum absolute atomic E-state index is 0.0930. The quantitative estimate of drug-likeness (QED) is 0.532. The zero-order chi connectivity index (χ0) is 15.1. The van der Waals surface area contributed by atoms with Crippen LogP contribution in [-0.4, -0.2) is 48.9 Å². The molecule has 2 rings (SSSR count). The summed E-state index contributed by atoms with van der Waals surface area (Å²) in [6.07, 6.45) is 6.08. The molecule has 1 saturated heterocycles. The molecule has 0 bridgehead atoms. The van der Waals surface area contributed by atoms with E-state index in [1.165, 1.54) is 30.6 Å². The molecule has 0 aromatic carbocycles. The van der Waals surface area contributed by atoms with Gasteiger partial charge < -0.3 is 10.1 Å². The molecule has 1 aliphatic heterocycles. The van der Waals surface area contributed by atoms with Crippen LogP contribution in [0.5, 0.6) is 0 Å². The second-order valence-electron chi connectivity index (χ2n) is 5.76. The number of imide groups is 1. The van der Waals surface area contributed by atoms with E-state index in [1.807, 2.05) is 0 Å². The van der Waals surface area contributed by atoms with Gasteiger partial charge in [0.05, 0.1) is 19.8 Å². The molecule has 21 heavy (non-hydrogen) atoms. The van der Waals surface area contributed by atoms with Crippen molar-refractivity contribution in [1.29, 1.82) is 0 Å². The third kappa shape index (κ3) is 5.12. The Morgan fingerprint density at radius 3 is 2.48 bits per heavy atom. The number of carbonyl (C=O) groups excluding carboxylic acids is 3. The predicted octanol–water partition coefficient (Wildman–Crippen LogP) is 0.848. The lowest BCUT2D eigenvalue weighted by Crippen LogP contribution is -2.33. The molecule has 0 aromatic rings. The minimum Gasteiger partial charge on any atom is -0.378 e. The van der Waals surface area contributed by atoms with Gasteiger partial charge in [-0.3, -0.25) is 19.3 Å². The molecule has 2 fully saturated rings. The molecule has 2 aliphatic rings. The Labute approximate surface area is 125 Å². The number of carbonyl (C=O) groups is 3. The van der Waals surface area contributed by atoms with Gasteiger partial charge in [-0.25, -0.2) is 0 Å². The fraction of sp³-hybridized carbons (Fsp3) is 0.800. The highest BCUT2D eigenvalue weighted by Crippen LogP contribution is 2.27. The van der Waals surface area contributed by atoms with Crippen LogP contribution >= 0.6 is 0 Å². The number of hydrogen-bond donors (Lipinski definition) is 1. The van der Waals surface area contributed by atoms with Crippen molar-refractivity contribution in [2.24, 2.45) is 5.92 Å². The Bertz CT molecular complexity index is 375. The number of hydrogen-bond acceptors (Lipinski definition) is 4. The van der Waals surface area contributed by atoms with Gasteiger partial charge in [-0.15, -0.1) is 0 Å². The Hall–Kier alpha value is -1.43. The maximum Gasteiger partial charge on any atom is 0.229 e. The van der Waals surface area contributed by atoms with Crippen molar-refractivity contribution >= 4 is 17.7 Å². The van der Waals surface area contributed by atoms with Gasteiger partial charge in [-0.1, -0.05) is 12.8 Å². The second kappa shape index (κ2) is 8.12. The van der Waals surface area contributed by atoms with E-state index in [9.17, 15) is 14.4 Å². The Balaban J connectivity index is 1.47. The second-order valence-corrected chi connectivity index (χ2v) is 5.76. The maximum atomic E-state index is 11.7. The molecule has 1 aliphatic carbocycles. The Morgan fingerprint density at radius 1 is 1.14 bits per heavy atom. The van der Waals surface area contributed by atoms with Gasteiger partial charge >= 0.3 is 0 Å². The topological polar surface area (TPSA) is 75.7 Å². The van der Waals surface area contributed by atoms with Crippen molar-refractivity contribution in [3.05, 3.63) is 0 Å². The van der Waals surface area contributed by atoms with E-state index in [0.29, 0.717) is 51.5 Å². The first kappa shape index (κ1) is 15.9. The molecule has 6 nitrogen and oxygen atoms in total. The summed E-state index contributed by atoms with van der Waals surface area (Å²) in [7, 11) is 0. The van der Waals surface area contributed by atoms with Gasteiger partial charge in [0, 0.05) is 25.8 Å². The third-order valence-corrected chi connectivity index (χ3v) is 4.13. The lowest BCUT2D eigenvalue weighted by atomic mass is 10.0. The summed E-state index contributed by atoms with van der Waals surface area (Å²) in [5.41, 5.74) is 0. The number of nitrogens with one attached hydrogen (secondary N) is 1. The molecule has 0 spiro atoms. The zero-order valence-electron chi connectivity index (χ0n) is 12.4. The number of amides is 3. The van der Waals surface area contributed by atoms with Gasteiger partial charge in [0.1, 0.15) is 0 Å². The molecule has 1 saturated carbocycles. The van der Waals surface area contributed by atoms with Gasteiger partial charge in [0.2, 0.25) is 17.7 Å². The van der Waals surface area contributed by atoms with Crippen molar-refractivity contribution in [3.8, 4) is 0 Å². The molecular weight excluding hydrogens is 272 g/mol. The summed E-state index contributed by atoms with van der Waals surface area (Å²) in [5.74, 6) is 0.412. The molecule has 1 heterocycles. The Kier molecular flexibility index (Phi) is 6.17. The summed E-state index contributed by atoms with van der Waals surface area (Å²) in [6, 6.07) is 0. The summed E-state index contributed by atoms with van der Waals surface area (Å²) < 4.78 is 5.35. The number of nitrogens with zero attached hydrogens (tertiary/aromatic N) is 1. The molecule has 0 radical (unpaired) electrons. The smallest absolute Gasteiger partial charge is 0.229 e. The molecule has 0 unspecified atom stereocenters. The molecule has 0 atom stereocenters. The van der Waals surface area contributed by atoms with Gasteiger partial charge in [-0.05, 0) is 18.8 Å². The van der Waals surface area contributed by atoms with E-state index in [4.69, 9.17) is 4.74 Å². The van der Waals surface area contributed by atoms with Crippen molar-refractivity contribution in [2.75, 3.05) is 26.3 Å². The van der Waals surface area contributed by atoms with Gasteiger partial charge in [-0.2, -0.15) is 0 Å². The fourth-order valence-electron chi connectivity index (χ4n) is 2.94. The fourth-order valence-corrected chi connectivity index (χ4v) is 2.94. The van der Waals surface area contributed by atoms with Crippen molar-refractivity contribution in [3.63, 3.8) is 0 Å². The van der Waals surface area contributed by atoms with Crippen LogP contribution in [0.3, 0.4) is 0 Å². The summed E-state index contributed by atoms with van der Waals surface area (Å²) in [5, 5.41) is 2.84. The first-order valence-corrected chi connectivity index (χ1v) is 7.84. The predicted molar refractivity (Wildman–Crippen MR) is 76.4 cm³/mol. The normalized spacial score (nSPS) is 19.5. The van der Waals surface area contributed by atoms with Crippen LogP contribution in [0.1, 0.15) is 44.9 Å². The highest BCUT2D eigenvalue weighted by Gasteiger charge is 2.28. The first-order valence-electron chi connectivity index (χ1n) is 7.84. The standard InChI is InChI=1S/C15H24N2O4/c18-13(11-12-3-1-2-4-12)16-7-9-21-10-8-17-14(19)5-6-15(17)20/h12H,1-11H2,(H,16,18). The van der Waals surface area contributed by atoms with Crippen molar-refractivity contribution in [1.82, 2.24) is 10.2 Å². The monoisotopic (exact) mass is 296 g/mol. The lowest BCUT2D eigenvalue weighted by molar-refractivity contribution is -0.139. The first-order chi connectivity index (χ1) is 10.2. The zero-order valence-corrected chi connectivity index (χ0v) is 12.4. The number of rotatable bonds is 8. The average Bonchev–Trinajstić information content (AvgIpc) is 3.06. The highest BCUT2D eigenvalue weighted by atomic mass is 16.5. The van der Waals surface area contributed by atoms with Crippen LogP contribution in [0.4, 0.5) is 0 Å². The van der Waals surface area contributed by atoms with Crippen LogP contribution in [0.25, 0.3) is 0 Å². The van der Waals surface area contributed by atoms with E-state index in [0.717, 1.165) is 0 Å². The maximum absolute atomic E-state index is 11.7. The SMILES string of the molecule is O=C(CC1CCCC1)NCCOCCN1C(=O)CCC1=O. The van der Waals surface area contributed by atoms with Crippen LogP contribution in [0, 0.1) is 5.92 Å². The van der Waals surface area contributed by atoms with E-state index in [-0.39, 0.29) is 17.7 Å². The van der Waals surface area contributed by atoms with Crippen molar-refractivity contribution in [2.45, 2.75) is 44.9 Å². The largest absolute Gasteiger partial charge is 0.378 e. The van der Waals surface area contributed by atoms with Gasteiger partial charge in [0.25, 0.3) is 0 Å². The van der Waals surface area contributed by atoms with Crippen LogP contribution in [0.15, 0.2) is 0 Å². The molecular formula is C15H24N2O4. The van der Waals surface area contributed by atoms with E-state index in [2.05, 4.69) is 5.32 Å². The van der Waals surface area contributed by atoms with Crippen LogP contribution in [0.2, 0.25) is 0 Å². The lowest BCUT2D eigenvalue weighted by Gasteiger charge is -2.14. The third-order valence-electron chi connectivity index (χ3n) is 4.13. The molecule has 0 aromatic heterocycles.